The SMILES string of the molecule is Cc1ccc(C(C)(C)CN)c(F)c1. The zero-order chi connectivity index (χ0) is 10.1. The molecule has 0 aliphatic heterocycles. The number of nitrogens with two attached hydrogens (primary N) is 1. The zero-order valence-corrected chi connectivity index (χ0v) is 8.39. The molecule has 0 radical (unpaired) electrons. The number of hydrogen-bond donors (Lipinski definition) is 1. The first-order chi connectivity index (χ1) is 5.97. The van der Waals surface area contributed by atoms with Crippen LogP contribution in [0.1, 0.15) is 25.0 Å². The van der Waals surface area contributed by atoms with Crippen LogP contribution < -0.4 is 5.73 Å². The van der Waals surface area contributed by atoms with Gasteiger partial charge >= 0.3 is 0 Å². The normalized spacial score (nSPS) is 11.8. The Morgan fingerprint density at radius 2 is 2.00 bits per heavy atom. The molecule has 2 N–H and O–H groups in total. The highest BCUT2D eigenvalue weighted by Gasteiger charge is 2.21. The Hall–Kier alpha value is -0.890. The molecule has 0 saturated heterocycles. The van der Waals surface area contributed by atoms with Crippen LogP contribution in [0.2, 0.25) is 0 Å². The van der Waals surface area contributed by atoms with E-state index < -0.39 is 0 Å². The summed E-state index contributed by atoms with van der Waals surface area (Å²) in [5.74, 6) is -0.157. The van der Waals surface area contributed by atoms with Crippen LogP contribution in [0.25, 0.3) is 0 Å². The maximum Gasteiger partial charge on any atom is 0.127 e. The minimum Gasteiger partial charge on any atom is -0.330 e. The standard InChI is InChI=1S/C11H16FN/c1-8-4-5-9(10(12)6-8)11(2,3)7-13/h4-6H,7,13H2,1-3H3. The fourth-order valence-electron chi connectivity index (χ4n) is 1.28. The van der Waals surface area contributed by atoms with Crippen LogP contribution in [0.3, 0.4) is 0 Å². The van der Waals surface area contributed by atoms with Crippen LogP contribution in [-0.4, -0.2) is 6.54 Å². The average Bonchev–Trinajstić information content (AvgIpc) is 2.03. The highest BCUT2D eigenvalue weighted by Crippen LogP contribution is 2.24. The van der Waals surface area contributed by atoms with E-state index in [1.165, 1.54) is 0 Å². The summed E-state index contributed by atoms with van der Waals surface area (Å²) in [5.41, 5.74) is 6.93. The van der Waals surface area contributed by atoms with Crippen LogP contribution in [0, 0.1) is 12.7 Å². The monoisotopic (exact) mass is 181 g/mol. The average molecular weight is 181 g/mol. The predicted molar refractivity (Wildman–Crippen MR) is 53.2 cm³/mol. The quantitative estimate of drug-likeness (QED) is 0.744. The summed E-state index contributed by atoms with van der Waals surface area (Å²) in [4.78, 5) is 0. The second-order valence-corrected chi connectivity index (χ2v) is 4.07. The molecule has 1 nitrogen and oxygen atoms in total. The minimum atomic E-state index is -0.280. The van der Waals surface area contributed by atoms with Gasteiger partial charge in [-0.05, 0) is 24.1 Å². The van der Waals surface area contributed by atoms with Crippen LogP contribution >= 0.6 is 0 Å². The van der Waals surface area contributed by atoms with E-state index in [4.69, 9.17) is 5.73 Å². The van der Waals surface area contributed by atoms with Gasteiger partial charge in [-0.1, -0.05) is 26.0 Å². The third kappa shape index (κ3) is 2.07. The number of rotatable bonds is 2. The molecular formula is C11H16FN. The fourth-order valence-corrected chi connectivity index (χ4v) is 1.28. The van der Waals surface area contributed by atoms with Gasteiger partial charge < -0.3 is 5.73 Å². The number of halogens is 1. The van der Waals surface area contributed by atoms with Gasteiger partial charge in [-0.2, -0.15) is 0 Å². The van der Waals surface area contributed by atoms with Crippen molar-refractivity contribution >= 4 is 0 Å². The molecule has 0 heterocycles. The summed E-state index contributed by atoms with van der Waals surface area (Å²) in [6.45, 7) is 6.22. The van der Waals surface area contributed by atoms with E-state index in [-0.39, 0.29) is 11.2 Å². The van der Waals surface area contributed by atoms with Crippen molar-refractivity contribution < 1.29 is 4.39 Å². The summed E-state index contributed by atoms with van der Waals surface area (Å²) in [6.07, 6.45) is 0. The number of hydrogen-bond acceptors (Lipinski definition) is 1. The van der Waals surface area contributed by atoms with E-state index in [1.54, 1.807) is 6.07 Å². The molecule has 0 atom stereocenters. The van der Waals surface area contributed by atoms with Crippen molar-refractivity contribution in [1.82, 2.24) is 0 Å². The third-order valence-corrected chi connectivity index (χ3v) is 2.36. The van der Waals surface area contributed by atoms with Crippen molar-refractivity contribution in [1.29, 1.82) is 0 Å². The van der Waals surface area contributed by atoms with Crippen LogP contribution in [-0.2, 0) is 5.41 Å². The molecule has 0 unspecified atom stereocenters. The molecule has 0 aromatic heterocycles. The summed E-state index contributed by atoms with van der Waals surface area (Å²) >= 11 is 0. The van der Waals surface area contributed by atoms with Crippen LogP contribution in [0.15, 0.2) is 18.2 Å². The van der Waals surface area contributed by atoms with E-state index in [2.05, 4.69) is 0 Å². The first kappa shape index (κ1) is 10.2. The van der Waals surface area contributed by atoms with Crippen molar-refractivity contribution in [2.45, 2.75) is 26.2 Å². The van der Waals surface area contributed by atoms with Gasteiger partial charge in [-0.15, -0.1) is 0 Å². The second-order valence-electron chi connectivity index (χ2n) is 4.07. The maximum absolute atomic E-state index is 13.5. The van der Waals surface area contributed by atoms with E-state index in [0.717, 1.165) is 5.56 Å². The molecule has 0 amide bonds. The van der Waals surface area contributed by atoms with Gasteiger partial charge in [-0.3, -0.25) is 0 Å². The summed E-state index contributed by atoms with van der Waals surface area (Å²) in [6, 6.07) is 5.28. The van der Waals surface area contributed by atoms with E-state index in [9.17, 15) is 4.39 Å². The van der Waals surface area contributed by atoms with Gasteiger partial charge in [0, 0.05) is 12.0 Å². The zero-order valence-electron chi connectivity index (χ0n) is 8.39. The van der Waals surface area contributed by atoms with E-state index >= 15 is 0 Å². The molecule has 13 heavy (non-hydrogen) atoms. The predicted octanol–water partition coefficient (Wildman–Crippen LogP) is 2.37. The van der Waals surface area contributed by atoms with E-state index in [1.807, 2.05) is 32.9 Å². The van der Waals surface area contributed by atoms with Crippen molar-refractivity contribution in [3.63, 3.8) is 0 Å². The lowest BCUT2D eigenvalue weighted by Crippen LogP contribution is -2.29. The van der Waals surface area contributed by atoms with Crippen LogP contribution in [0.5, 0.6) is 0 Å². The van der Waals surface area contributed by atoms with Gasteiger partial charge in [0.25, 0.3) is 0 Å². The highest BCUT2D eigenvalue weighted by molar-refractivity contribution is 5.29. The second kappa shape index (κ2) is 3.46. The Labute approximate surface area is 78.8 Å². The molecule has 1 aromatic rings. The van der Waals surface area contributed by atoms with Gasteiger partial charge in [0.05, 0.1) is 0 Å². The molecule has 0 spiro atoms. The molecular weight excluding hydrogens is 165 g/mol. The Kier molecular flexibility index (Phi) is 2.71. The number of benzene rings is 1. The summed E-state index contributed by atoms with van der Waals surface area (Å²) < 4.78 is 13.5. The molecule has 0 aliphatic carbocycles. The van der Waals surface area contributed by atoms with Gasteiger partial charge in [0.15, 0.2) is 0 Å². The third-order valence-electron chi connectivity index (χ3n) is 2.36. The minimum absolute atomic E-state index is 0.157. The van der Waals surface area contributed by atoms with Gasteiger partial charge in [0.1, 0.15) is 5.82 Å². The van der Waals surface area contributed by atoms with Gasteiger partial charge in [-0.25, -0.2) is 4.39 Å². The fraction of sp³-hybridized carbons (Fsp3) is 0.455. The molecule has 72 valence electrons. The van der Waals surface area contributed by atoms with Crippen molar-refractivity contribution in [3.05, 3.63) is 35.1 Å². The Balaban J connectivity index is 3.16. The summed E-state index contributed by atoms with van der Waals surface area (Å²) in [7, 11) is 0. The molecule has 0 saturated carbocycles. The molecule has 1 rings (SSSR count). The molecule has 0 bridgehead atoms. The molecule has 0 aliphatic rings. The Morgan fingerprint density at radius 1 is 1.38 bits per heavy atom. The first-order valence-electron chi connectivity index (χ1n) is 4.44. The molecule has 2 heteroatoms. The lowest BCUT2D eigenvalue weighted by atomic mass is 9.84. The van der Waals surface area contributed by atoms with Crippen molar-refractivity contribution in [2.24, 2.45) is 5.73 Å². The first-order valence-corrected chi connectivity index (χ1v) is 4.44. The molecule has 0 fully saturated rings. The largest absolute Gasteiger partial charge is 0.330 e. The van der Waals surface area contributed by atoms with Crippen LogP contribution in [0.4, 0.5) is 4.39 Å². The van der Waals surface area contributed by atoms with Gasteiger partial charge in [0.2, 0.25) is 0 Å². The summed E-state index contributed by atoms with van der Waals surface area (Å²) in [5, 5.41) is 0. The van der Waals surface area contributed by atoms with E-state index in [0.29, 0.717) is 12.1 Å². The van der Waals surface area contributed by atoms with Crippen molar-refractivity contribution in [2.75, 3.05) is 6.54 Å². The lowest BCUT2D eigenvalue weighted by Gasteiger charge is -2.23. The van der Waals surface area contributed by atoms with Crippen molar-refractivity contribution in [3.8, 4) is 0 Å². The topological polar surface area (TPSA) is 26.0 Å². The molecule has 1 aromatic carbocycles. The maximum atomic E-state index is 13.5. The number of aryl methyl sites for hydroxylation is 1. The Bertz CT molecular complexity index is 305. The Morgan fingerprint density at radius 3 is 2.46 bits per heavy atom. The highest BCUT2D eigenvalue weighted by atomic mass is 19.1. The smallest absolute Gasteiger partial charge is 0.127 e. The lowest BCUT2D eigenvalue weighted by molar-refractivity contribution is 0.492.